The molecule has 1 atom stereocenters. The summed E-state index contributed by atoms with van der Waals surface area (Å²) in [6.07, 6.45) is 7.02. The topological polar surface area (TPSA) is 72.4 Å². The van der Waals surface area contributed by atoms with Gasteiger partial charge in [-0.2, -0.15) is 5.10 Å². The fraction of sp³-hybridized carbons (Fsp3) is 0.364. The van der Waals surface area contributed by atoms with E-state index in [-0.39, 0.29) is 5.41 Å². The Morgan fingerprint density at radius 1 is 1.30 bits per heavy atom. The number of anilines is 1. The highest BCUT2D eigenvalue weighted by molar-refractivity contribution is 6.02. The van der Waals surface area contributed by atoms with Gasteiger partial charge in [0.15, 0.2) is 0 Å². The monoisotopic (exact) mass is 362 g/mol. The number of nitrogens with two attached hydrogens (primary N) is 1. The highest BCUT2D eigenvalue weighted by atomic mass is 16.1. The van der Waals surface area contributed by atoms with Crippen molar-refractivity contribution < 1.29 is 4.79 Å². The molecule has 1 fully saturated rings. The Labute approximate surface area is 159 Å². The highest BCUT2D eigenvalue weighted by Crippen LogP contribution is 2.40. The molecule has 0 spiro atoms. The summed E-state index contributed by atoms with van der Waals surface area (Å²) in [5.74, 6) is -0.457. The maximum absolute atomic E-state index is 12.1. The van der Waals surface area contributed by atoms with Crippen molar-refractivity contribution in [2.24, 2.45) is 11.1 Å². The SMILES string of the molecule is Cc1cccc(-c2cc3c(N[C@@H]4CCCC4(C)C)c(C(N)=O)cnn3c2)c1. The number of rotatable bonds is 4. The molecule has 0 aliphatic heterocycles. The van der Waals surface area contributed by atoms with Crippen LogP contribution in [0.4, 0.5) is 5.69 Å². The minimum atomic E-state index is -0.457. The Hall–Kier alpha value is -2.82. The molecule has 2 aromatic heterocycles. The molecule has 27 heavy (non-hydrogen) atoms. The second-order valence-corrected chi connectivity index (χ2v) is 8.30. The van der Waals surface area contributed by atoms with Gasteiger partial charge in [-0.05, 0) is 36.8 Å². The van der Waals surface area contributed by atoms with E-state index in [1.165, 1.54) is 18.4 Å². The van der Waals surface area contributed by atoms with Gasteiger partial charge in [0.1, 0.15) is 0 Å². The number of carbonyl (C=O) groups is 1. The van der Waals surface area contributed by atoms with Crippen LogP contribution in [0, 0.1) is 12.3 Å². The van der Waals surface area contributed by atoms with Gasteiger partial charge < -0.3 is 11.1 Å². The zero-order chi connectivity index (χ0) is 19.2. The third-order valence-electron chi connectivity index (χ3n) is 5.83. The number of amides is 1. The summed E-state index contributed by atoms with van der Waals surface area (Å²) in [6.45, 7) is 6.63. The van der Waals surface area contributed by atoms with Crippen LogP contribution in [0.25, 0.3) is 16.6 Å². The number of hydrogen-bond acceptors (Lipinski definition) is 3. The van der Waals surface area contributed by atoms with Crippen molar-refractivity contribution in [3.63, 3.8) is 0 Å². The van der Waals surface area contributed by atoms with E-state index in [1.807, 2.05) is 10.7 Å². The number of nitrogens with zero attached hydrogens (tertiary/aromatic N) is 2. The van der Waals surface area contributed by atoms with E-state index in [2.05, 4.69) is 61.5 Å². The smallest absolute Gasteiger partial charge is 0.252 e. The van der Waals surface area contributed by atoms with Crippen molar-refractivity contribution in [2.75, 3.05) is 5.32 Å². The molecule has 2 heterocycles. The molecule has 0 radical (unpaired) electrons. The first-order valence-corrected chi connectivity index (χ1v) is 9.50. The Morgan fingerprint density at radius 2 is 2.11 bits per heavy atom. The lowest BCUT2D eigenvalue weighted by molar-refractivity contribution is 0.100. The van der Waals surface area contributed by atoms with Crippen molar-refractivity contribution >= 4 is 17.1 Å². The number of aromatic nitrogens is 2. The third kappa shape index (κ3) is 3.18. The summed E-state index contributed by atoms with van der Waals surface area (Å²) >= 11 is 0. The molecule has 1 aliphatic rings. The molecule has 0 bridgehead atoms. The van der Waals surface area contributed by atoms with E-state index in [0.717, 1.165) is 28.8 Å². The number of primary amides is 1. The second-order valence-electron chi connectivity index (χ2n) is 8.30. The maximum Gasteiger partial charge on any atom is 0.252 e. The molecule has 5 nitrogen and oxygen atoms in total. The molecule has 0 unspecified atom stereocenters. The number of hydrogen-bond donors (Lipinski definition) is 2. The predicted octanol–water partition coefficient (Wildman–Crippen LogP) is 4.40. The zero-order valence-corrected chi connectivity index (χ0v) is 16.1. The first-order valence-electron chi connectivity index (χ1n) is 9.50. The fourth-order valence-electron chi connectivity index (χ4n) is 4.15. The van der Waals surface area contributed by atoms with Crippen LogP contribution in [0.5, 0.6) is 0 Å². The summed E-state index contributed by atoms with van der Waals surface area (Å²) in [4.78, 5) is 12.1. The standard InChI is InChI=1S/C22H26N4O/c1-14-6-4-7-15(10-14)16-11-18-20(25-19-8-5-9-22(19,2)3)17(21(23)27)12-24-26(18)13-16/h4,6-7,10-13,19,25H,5,8-9H2,1-3H3,(H2,23,27)/t19-/m1/s1. The third-order valence-corrected chi connectivity index (χ3v) is 5.83. The number of fused-ring (bicyclic) bond motifs is 1. The van der Waals surface area contributed by atoms with E-state index in [0.29, 0.717) is 11.6 Å². The van der Waals surface area contributed by atoms with Gasteiger partial charge in [-0.3, -0.25) is 4.79 Å². The van der Waals surface area contributed by atoms with Crippen LogP contribution in [-0.4, -0.2) is 21.6 Å². The second kappa shape index (κ2) is 6.41. The molecule has 1 amide bonds. The van der Waals surface area contributed by atoms with Crippen molar-refractivity contribution in [1.29, 1.82) is 0 Å². The van der Waals surface area contributed by atoms with Gasteiger partial charge in [0.2, 0.25) is 0 Å². The van der Waals surface area contributed by atoms with Gasteiger partial charge in [-0.15, -0.1) is 0 Å². The van der Waals surface area contributed by atoms with Gasteiger partial charge in [-0.25, -0.2) is 4.52 Å². The molecule has 5 heteroatoms. The number of nitrogens with one attached hydrogen (secondary N) is 1. The lowest BCUT2D eigenvalue weighted by Crippen LogP contribution is -2.32. The van der Waals surface area contributed by atoms with Crippen LogP contribution in [0.2, 0.25) is 0 Å². The quantitative estimate of drug-likeness (QED) is 0.722. The van der Waals surface area contributed by atoms with Crippen LogP contribution in [-0.2, 0) is 0 Å². The maximum atomic E-state index is 12.1. The zero-order valence-electron chi connectivity index (χ0n) is 16.1. The fourth-order valence-corrected chi connectivity index (χ4v) is 4.15. The molecule has 1 aliphatic carbocycles. The van der Waals surface area contributed by atoms with Gasteiger partial charge in [-0.1, -0.05) is 50.1 Å². The summed E-state index contributed by atoms with van der Waals surface area (Å²) < 4.78 is 1.83. The van der Waals surface area contributed by atoms with Crippen LogP contribution in [0.1, 0.15) is 49.0 Å². The van der Waals surface area contributed by atoms with Gasteiger partial charge in [0.25, 0.3) is 5.91 Å². The first kappa shape index (κ1) is 17.6. The lowest BCUT2D eigenvalue weighted by atomic mass is 9.87. The summed E-state index contributed by atoms with van der Waals surface area (Å²) in [5, 5.41) is 8.06. The van der Waals surface area contributed by atoms with E-state index in [4.69, 9.17) is 5.73 Å². The Balaban J connectivity index is 1.84. The van der Waals surface area contributed by atoms with Crippen LogP contribution in [0.3, 0.4) is 0 Å². The molecular formula is C22H26N4O. The predicted molar refractivity (Wildman–Crippen MR) is 109 cm³/mol. The largest absolute Gasteiger partial charge is 0.379 e. The van der Waals surface area contributed by atoms with E-state index < -0.39 is 5.91 Å². The van der Waals surface area contributed by atoms with Crippen molar-refractivity contribution in [1.82, 2.24) is 9.61 Å². The highest BCUT2D eigenvalue weighted by Gasteiger charge is 2.35. The van der Waals surface area contributed by atoms with Crippen molar-refractivity contribution in [3.05, 3.63) is 53.9 Å². The van der Waals surface area contributed by atoms with E-state index >= 15 is 0 Å². The van der Waals surface area contributed by atoms with Gasteiger partial charge in [0.05, 0.1) is 23.0 Å². The summed E-state index contributed by atoms with van der Waals surface area (Å²) in [5.41, 5.74) is 11.4. The normalized spacial score (nSPS) is 18.7. The summed E-state index contributed by atoms with van der Waals surface area (Å²) in [7, 11) is 0. The molecular weight excluding hydrogens is 336 g/mol. The molecule has 4 rings (SSSR count). The minimum Gasteiger partial charge on any atom is -0.379 e. The lowest BCUT2D eigenvalue weighted by Gasteiger charge is -2.29. The average Bonchev–Trinajstić information content (AvgIpc) is 3.18. The Kier molecular flexibility index (Phi) is 4.17. The van der Waals surface area contributed by atoms with E-state index in [1.54, 1.807) is 6.20 Å². The number of benzene rings is 1. The minimum absolute atomic E-state index is 0.182. The van der Waals surface area contributed by atoms with E-state index in [9.17, 15) is 4.79 Å². The first-order chi connectivity index (χ1) is 12.8. The molecule has 1 saturated carbocycles. The number of aryl methyl sites for hydroxylation is 1. The van der Waals surface area contributed by atoms with Crippen molar-refractivity contribution in [2.45, 2.75) is 46.1 Å². The molecule has 3 aromatic rings. The van der Waals surface area contributed by atoms with Crippen LogP contribution in [0.15, 0.2) is 42.7 Å². The average molecular weight is 362 g/mol. The van der Waals surface area contributed by atoms with Gasteiger partial charge in [0, 0.05) is 17.8 Å². The Morgan fingerprint density at radius 3 is 2.78 bits per heavy atom. The van der Waals surface area contributed by atoms with Crippen LogP contribution >= 0.6 is 0 Å². The number of carbonyl (C=O) groups excluding carboxylic acids is 1. The Bertz CT molecular complexity index is 1020. The molecule has 1 aromatic carbocycles. The molecule has 0 saturated heterocycles. The molecule has 3 N–H and O–H groups in total. The molecule has 140 valence electrons. The van der Waals surface area contributed by atoms with Crippen LogP contribution < -0.4 is 11.1 Å². The summed E-state index contributed by atoms with van der Waals surface area (Å²) in [6, 6.07) is 10.8. The van der Waals surface area contributed by atoms with Crippen molar-refractivity contribution in [3.8, 4) is 11.1 Å². The van der Waals surface area contributed by atoms with Gasteiger partial charge >= 0.3 is 0 Å².